The van der Waals surface area contributed by atoms with E-state index in [9.17, 15) is 13.2 Å². The highest BCUT2D eigenvalue weighted by Crippen LogP contribution is 2.36. The molecule has 0 amide bonds. The van der Waals surface area contributed by atoms with Gasteiger partial charge in [-0.25, -0.2) is 5.43 Å². The fourth-order valence-electron chi connectivity index (χ4n) is 2.03. The van der Waals surface area contributed by atoms with E-state index in [0.29, 0.717) is 21.2 Å². The number of benzene rings is 2. The Labute approximate surface area is 129 Å². The van der Waals surface area contributed by atoms with E-state index in [-0.39, 0.29) is 0 Å². The number of halogens is 5. The van der Waals surface area contributed by atoms with Gasteiger partial charge >= 0.3 is 6.18 Å². The SMILES string of the molecule is NNC(c1cccc(C(F)(F)F)c1)c1c(Cl)cccc1Cl. The molecule has 2 aromatic carbocycles. The van der Waals surface area contributed by atoms with Crippen LogP contribution in [0.3, 0.4) is 0 Å². The lowest BCUT2D eigenvalue weighted by molar-refractivity contribution is -0.137. The minimum atomic E-state index is -4.43. The molecule has 0 bridgehead atoms. The molecule has 2 aromatic rings. The van der Waals surface area contributed by atoms with Crippen molar-refractivity contribution in [2.24, 2.45) is 5.84 Å². The molecule has 0 heterocycles. The molecule has 21 heavy (non-hydrogen) atoms. The van der Waals surface area contributed by atoms with Gasteiger partial charge in [0.05, 0.1) is 11.6 Å². The van der Waals surface area contributed by atoms with E-state index in [1.807, 2.05) is 0 Å². The average molecular weight is 335 g/mol. The Kier molecular flexibility index (Phi) is 4.78. The molecule has 0 radical (unpaired) electrons. The first-order valence-electron chi connectivity index (χ1n) is 5.91. The maximum atomic E-state index is 12.8. The first-order valence-corrected chi connectivity index (χ1v) is 6.67. The average Bonchev–Trinajstić information content (AvgIpc) is 2.42. The topological polar surface area (TPSA) is 38.0 Å². The van der Waals surface area contributed by atoms with E-state index in [0.717, 1.165) is 12.1 Å². The van der Waals surface area contributed by atoms with E-state index in [1.165, 1.54) is 12.1 Å². The first kappa shape index (κ1) is 16.1. The second-order valence-corrected chi connectivity index (χ2v) is 5.17. The van der Waals surface area contributed by atoms with E-state index in [1.54, 1.807) is 18.2 Å². The molecule has 1 unspecified atom stereocenters. The van der Waals surface area contributed by atoms with Crippen molar-refractivity contribution in [1.82, 2.24) is 5.43 Å². The third kappa shape index (κ3) is 3.49. The Bertz CT molecular complexity index is 624. The Morgan fingerprint density at radius 3 is 2.10 bits per heavy atom. The molecule has 0 aliphatic heterocycles. The molecule has 3 N–H and O–H groups in total. The highest BCUT2D eigenvalue weighted by molar-refractivity contribution is 6.36. The molecule has 0 aliphatic carbocycles. The zero-order valence-corrected chi connectivity index (χ0v) is 12.1. The maximum Gasteiger partial charge on any atom is 0.416 e. The largest absolute Gasteiger partial charge is 0.416 e. The van der Waals surface area contributed by atoms with Gasteiger partial charge in [-0.15, -0.1) is 0 Å². The van der Waals surface area contributed by atoms with Crippen molar-refractivity contribution in [3.8, 4) is 0 Å². The van der Waals surface area contributed by atoms with Crippen LogP contribution in [-0.2, 0) is 6.18 Å². The zero-order valence-electron chi connectivity index (χ0n) is 10.6. The summed E-state index contributed by atoms with van der Waals surface area (Å²) in [5.74, 6) is 5.49. The van der Waals surface area contributed by atoms with Gasteiger partial charge in [0.15, 0.2) is 0 Å². The van der Waals surface area contributed by atoms with Crippen molar-refractivity contribution >= 4 is 23.2 Å². The number of nitrogens with two attached hydrogens (primary N) is 1. The van der Waals surface area contributed by atoms with E-state index in [2.05, 4.69) is 5.43 Å². The van der Waals surface area contributed by atoms with Gasteiger partial charge in [-0.3, -0.25) is 5.84 Å². The maximum absolute atomic E-state index is 12.8. The number of rotatable bonds is 3. The summed E-state index contributed by atoms with van der Waals surface area (Å²) in [7, 11) is 0. The molecule has 1 atom stereocenters. The molecular formula is C14H11Cl2F3N2. The van der Waals surface area contributed by atoms with Crippen LogP contribution in [0, 0.1) is 0 Å². The van der Waals surface area contributed by atoms with Crippen LogP contribution in [0.15, 0.2) is 42.5 Å². The number of hydrogen-bond acceptors (Lipinski definition) is 2. The molecule has 7 heteroatoms. The van der Waals surface area contributed by atoms with Crippen molar-refractivity contribution < 1.29 is 13.2 Å². The van der Waals surface area contributed by atoms with Gasteiger partial charge in [-0.2, -0.15) is 13.2 Å². The number of nitrogens with one attached hydrogen (secondary N) is 1. The summed E-state index contributed by atoms with van der Waals surface area (Å²) in [6, 6.07) is 8.95. The van der Waals surface area contributed by atoms with E-state index in [4.69, 9.17) is 29.0 Å². The number of hydrazine groups is 1. The Balaban J connectivity index is 2.52. The predicted octanol–water partition coefficient (Wildman–Crippen LogP) is 4.56. The quantitative estimate of drug-likeness (QED) is 0.637. The molecule has 0 spiro atoms. The van der Waals surface area contributed by atoms with Gasteiger partial charge in [0.1, 0.15) is 0 Å². The molecule has 112 valence electrons. The lowest BCUT2D eigenvalue weighted by Crippen LogP contribution is -2.29. The Morgan fingerprint density at radius 2 is 1.57 bits per heavy atom. The molecule has 0 aliphatic rings. The van der Waals surface area contributed by atoms with Crippen LogP contribution >= 0.6 is 23.2 Å². The Morgan fingerprint density at radius 1 is 1.00 bits per heavy atom. The van der Waals surface area contributed by atoms with Crippen LogP contribution in [0.5, 0.6) is 0 Å². The minimum Gasteiger partial charge on any atom is -0.271 e. The lowest BCUT2D eigenvalue weighted by atomic mass is 9.97. The van der Waals surface area contributed by atoms with Crippen LogP contribution in [-0.4, -0.2) is 0 Å². The predicted molar refractivity (Wildman–Crippen MR) is 77.1 cm³/mol. The fraction of sp³-hybridized carbons (Fsp3) is 0.143. The molecule has 2 nitrogen and oxygen atoms in total. The third-order valence-corrected chi connectivity index (χ3v) is 3.66. The molecular weight excluding hydrogens is 324 g/mol. The van der Waals surface area contributed by atoms with Crippen molar-refractivity contribution in [3.05, 3.63) is 69.2 Å². The van der Waals surface area contributed by atoms with Crippen molar-refractivity contribution in [3.63, 3.8) is 0 Å². The molecule has 0 saturated heterocycles. The first-order chi connectivity index (χ1) is 9.84. The summed E-state index contributed by atoms with van der Waals surface area (Å²) < 4.78 is 38.4. The van der Waals surface area contributed by atoms with Crippen LogP contribution in [0.4, 0.5) is 13.2 Å². The summed E-state index contributed by atoms with van der Waals surface area (Å²) in [5.41, 5.74) is 2.45. The minimum absolute atomic E-state index is 0.322. The molecule has 0 aromatic heterocycles. The van der Waals surface area contributed by atoms with Gasteiger partial charge in [-0.05, 0) is 29.8 Å². The van der Waals surface area contributed by atoms with Crippen molar-refractivity contribution in [2.45, 2.75) is 12.2 Å². The Hall–Kier alpha value is -1.27. The second-order valence-electron chi connectivity index (χ2n) is 4.36. The highest BCUT2D eigenvalue weighted by atomic mass is 35.5. The lowest BCUT2D eigenvalue weighted by Gasteiger charge is -2.20. The summed E-state index contributed by atoms with van der Waals surface area (Å²) >= 11 is 12.2. The molecule has 0 saturated carbocycles. The van der Waals surface area contributed by atoms with E-state index < -0.39 is 17.8 Å². The van der Waals surface area contributed by atoms with Gasteiger partial charge in [0.2, 0.25) is 0 Å². The van der Waals surface area contributed by atoms with Crippen molar-refractivity contribution in [1.29, 1.82) is 0 Å². The van der Waals surface area contributed by atoms with Gasteiger partial charge in [-0.1, -0.05) is 41.4 Å². The monoisotopic (exact) mass is 334 g/mol. The standard InChI is InChI=1S/C14H11Cl2F3N2/c15-10-5-2-6-11(16)12(10)13(21-20)8-3-1-4-9(7-8)14(17,18)19/h1-7,13,21H,20H2. The molecule has 0 fully saturated rings. The van der Waals surface area contributed by atoms with Crippen LogP contribution < -0.4 is 11.3 Å². The highest BCUT2D eigenvalue weighted by Gasteiger charge is 2.31. The van der Waals surface area contributed by atoms with E-state index >= 15 is 0 Å². The summed E-state index contributed by atoms with van der Waals surface area (Å²) in [6.45, 7) is 0. The normalized spacial score (nSPS) is 13.2. The van der Waals surface area contributed by atoms with Crippen LogP contribution in [0.1, 0.15) is 22.7 Å². The second kappa shape index (κ2) is 6.23. The fourth-order valence-corrected chi connectivity index (χ4v) is 2.64. The van der Waals surface area contributed by atoms with Crippen LogP contribution in [0.2, 0.25) is 10.0 Å². The van der Waals surface area contributed by atoms with Crippen LogP contribution in [0.25, 0.3) is 0 Å². The third-order valence-electron chi connectivity index (χ3n) is 3.00. The summed E-state index contributed by atoms with van der Waals surface area (Å²) in [5, 5.41) is 0.644. The van der Waals surface area contributed by atoms with Crippen molar-refractivity contribution in [2.75, 3.05) is 0 Å². The number of hydrogen-bond donors (Lipinski definition) is 2. The summed E-state index contributed by atoms with van der Waals surface area (Å²) in [6.07, 6.45) is -4.43. The number of alkyl halides is 3. The zero-order chi connectivity index (χ0) is 15.6. The smallest absolute Gasteiger partial charge is 0.271 e. The summed E-state index contributed by atoms with van der Waals surface area (Å²) in [4.78, 5) is 0. The van der Waals surface area contributed by atoms with Gasteiger partial charge in [0.25, 0.3) is 0 Å². The molecule has 2 rings (SSSR count). The van der Waals surface area contributed by atoms with Gasteiger partial charge in [0, 0.05) is 15.6 Å². The van der Waals surface area contributed by atoms with Gasteiger partial charge < -0.3 is 0 Å².